The lowest BCUT2D eigenvalue weighted by molar-refractivity contribution is -0.139. The zero-order valence-corrected chi connectivity index (χ0v) is 19.8. The molecule has 0 saturated heterocycles. The molecule has 10 heteroatoms. The summed E-state index contributed by atoms with van der Waals surface area (Å²) in [7, 11) is 0. The first-order chi connectivity index (χ1) is 16.0. The molecular formula is C24H17Cl3F4N2O. The first-order valence-electron chi connectivity index (χ1n) is 9.84. The van der Waals surface area contributed by atoms with Crippen molar-refractivity contribution in [1.82, 2.24) is 10.3 Å². The van der Waals surface area contributed by atoms with Crippen LogP contribution in [0.2, 0.25) is 15.2 Å². The van der Waals surface area contributed by atoms with Gasteiger partial charge in [-0.15, -0.1) is 0 Å². The zero-order chi connectivity index (χ0) is 25.0. The number of hydrogen-bond acceptors (Lipinski definition) is 2. The van der Waals surface area contributed by atoms with Gasteiger partial charge in [0.05, 0.1) is 16.0 Å². The molecule has 3 aromatic rings. The van der Waals surface area contributed by atoms with E-state index in [1.54, 1.807) is 31.3 Å². The van der Waals surface area contributed by atoms with Gasteiger partial charge in [-0.05, 0) is 53.4 Å². The lowest BCUT2D eigenvalue weighted by atomic mass is 9.96. The second-order valence-electron chi connectivity index (χ2n) is 7.42. The highest BCUT2D eigenvalue weighted by Gasteiger charge is 2.39. The number of carbonyl (C=O) groups is 1. The van der Waals surface area contributed by atoms with E-state index in [4.69, 9.17) is 34.8 Å². The van der Waals surface area contributed by atoms with Crippen molar-refractivity contribution in [2.45, 2.75) is 25.6 Å². The van der Waals surface area contributed by atoms with Crippen LogP contribution in [-0.2, 0) is 6.54 Å². The number of nitrogens with zero attached hydrogens (tertiary/aromatic N) is 1. The molecule has 1 aromatic heterocycles. The van der Waals surface area contributed by atoms with E-state index in [9.17, 15) is 22.4 Å². The van der Waals surface area contributed by atoms with Crippen LogP contribution in [0.5, 0.6) is 0 Å². The fraction of sp³-hybridized carbons (Fsp3) is 0.167. The lowest BCUT2D eigenvalue weighted by Crippen LogP contribution is -2.23. The van der Waals surface area contributed by atoms with E-state index in [1.165, 1.54) is 18.2 Å². The van der Waals surface area contributed by atoms with Crippen LogP contribution in [-0.4, -0.2) is 17.1 Å². The highest BCUT2D eigenvalue weighted by atomic mass is 35.5. The molecule has 34 heavy (non-hydrogen) atoms. The van der Waals surface area contributed by atoms with Gasteiger partial charge in [0.25, 0.3) is 5.91 Å². The second kappa shape index (κ2) is 10.8. The van der Waals surface area contributed by atoms with Crippen LogP contribution in [0.1, 0.15) is 38.5 Å². The van der Waals surface area contributed by atoms with Gasteiger partial charge >= 0.3 is 6.18 Å². The summed E-state index contributed by atoms with van der Waals surface area (Å²) in [4.78, 5) is 16.5. The van der Waals surface area contributed by atoms with Gasteiger partial charge in [-0.3, -0.25) is 4.79 Å². The van der Waals surface area contributed by atoms with E-state index in [0.29, 0.717) is 21.8 Å². The number of pyridine rings is 1. The van der Waals surface area contributed by atoms with Crippen molar-refractivity contribution in [3.8, 4) is 0 Å². The Morgan fingerprint density at radius 2 is 1.76 bits per heavy atom. The summed E-state index contributed by atoms with van der Waals surface area (Å²) in [5.74, 6) is -3.38. The molecule has 0 aliphatic carbocycles. The van der Waals surface area contributed by atoms with E-state index in [1.807, 2.05) is 0 Å². The molecule has 178 valence electrons. The van der Waals surface area contributed by atoms with Crippen LogP contribution in [0.25, 0.3) is 6.08 Å². The molecule has 2 aromatic carbocycles. The highest BCUT2D eigenvalue weighted by molar-refractivity contribution is 6.35. The summed E-state index contributed by atoms with van der Waals surface area (Å²) in [6.45, 7) is 1.91. The Bertz CT molecular complexity index is 1200. The average molecular weight is 532 g/mol. The number of rotatable bonds is 6. The lowest BCUT2D eigenvalue weighted by Gasteiger charge is -2.18. The maximum absolute atomic E-state index is 13.7. The van der Waals surface area contributed by atoms with Crippen molar-refractivity contribution in [3.05, 3.63) is 104 Å². The monoisotopic (exact) mass is 530 g/mol. The van der Waals surface area contributed by atoms with Gasteiger partial charge in [-0.1, -0.05) is 65.2 Å². The first kappa shape index (κ1) is 26.0. The molecule has 3 nitrogen and oxygen atoms in total. The van der Waals surface area contributed by atoms with Gasteiger partial charge < -0.3 is 5.32 Å². The Balaban J connectivity index is 1.77. The van der Waals surface area contributed by atoms with Crippen molar-refractivity contribution < 1.29 is 22.4 Å². The van der Waals surface area contributed by atoms with Gasteiger partial charge in [-0.25, -0.2) is 9.37 Å². The molecule has 1 heterocycles. The van der Waals surface area contributed by atoms with Crippen molar-refractivity contribution in [2.24, 2.45) is 0 Å². The summed E-state index contributed by atoms with van der Waals surface area (Å²) >= 11 is 17.1. The molecule has 3 rings (SSSR count). The molecule has 1 atom stereocenters. The predicted molar refractivity (Wildman–Crippen MR) is 126 cm³/mol. The minimum Gasteiger partial charge on any atom is -0.348 e. The number of hydrogen-bond donors (Lipinski definition) is 1. The fourth-order valence-corrected chi connectivity index (χ4v) is 3.82. The second-order valence-corrected chi connectivity index (χ2v) is 8.62. The maximum atomic E-state index is 13.7. The van der Waals surface area contributed by atoms with Crippen molar-refractivity contribution >= 4 is 46.8 Å². The Labute approximate surface area is 208 Å². The summed E-state index contributed by atoms with van der Waals surface area (Å²) in [5, 5.41) is 2.11. The summed E-state index contributed by atoms with van der Waals surface area (Å²) in [5.41, 5.74) is 1.87. The summed E-state index contributed by atoms with van der Waals surface area (Å²) in [6, 6.07) is 9.79. The van der Waals surface area contributed by atoms with E-state index in [2.05, 4.69) is 10.3 Å². The first-order valence-corrected chi connectivity index (χ1v) is 11.0. The van der Waals surface area contributed by atoms with E-state index in [0.717, 1.165) is 23.8 Å². The Morgan fingerprint density at radius 1 is 1.09 bits per heavy atom. The third kappa shape index (κ3) is 6.50. The number of carbonyl (C=O) groups excluding carboxylic acids is 1. The molecule has 0 saturated carbocycles. The Hall–Kier alpha value is -2.61. The zero-order valence-electron chi connectivity index (χ0n) is 17.6. The van der Waals surface area contributed by atoms with Gasteiger partial charge in [0.1, 0.15) is 5.15 Å². The number of halogens is 7. The number of aryl methyl sites for hydroxylation is 1. The smallest absolute Gasteiger partial charge is 0.348 e. The third-order valence-electron chi connectivity index (χ3n) is 4.94. The van der Waals surface area contributed by atoms with Crippen LogP contribution in [0.4, 0.5) is 17.6 Å². The molecule has 0 aliphatic rings. The fourth-order valence-electron chi connectivity index (χ4n) is 3.21. The molecule has 0 spiro atoms. The minimum atomic E-state index is -4.66. The summed E-state index contributed by atoms with van der Waals surface area (Å²) < 4.78 is 54.7. The quantitative estimate of drug-likeness (QED) is 0.200. The normalized spacial score (nSPS) is 12.7. The number of nitrogens with one attached hydrogen (secondary N) is 1. The molecule has 1 amide bonds. The van der Waals surface area contributed by atoms with E-state index in [-0.39, 0.29) is 18.0 Å². The number of allylic oxidation sites excluding steroid dienone is 1. The SMILES string of the molecule is Cc1cc(C=CC(c2cc(Cl)c(F)c(Cl)c2)C(F)(F)F)ccc1C(=O)NCc1ccc(Cl)nc1. The van der Waals surface area contributed by atoms with Crippen LogP contribution < -0.4 is 5.32 Å². The molecule has 0 aliphatic heterocycles. The summed E-state index contributed by atoms with van der Waals surface area (Å²) in [6.07, 6.45) is -0.909. The van der Waals surface area contributed by atoms with Gasteiger partial charge in [-0.2, -0.15) is 13.2 Å². The molecule has 0 bridgehead atoms. The maximum Gasteiger partial charge on any atom is 0.399 e. The number of aromatic nitrogens is 1. The Morgan fingerprint density at radius 3 is 2.32 bits per heavy atom. The standard InChI is InChI=1S/C24H17Cl3F4N2O/c1-13-8-14(2-5-17(13)23(34)33-12-15-4-7-21(27)32-11-15)3-6-18(24(29,30)31)16-9-19(25)22(28)20(26)10-16/h2-11,18H,12H2,1H3,(H,33,34). The van der Waals surface area contributed by atoms with Gasteiger partial charge in [0, 0.05) is 18.3 Å². The van der Waals surface area contributed by atoms with Crippen molar-refractivity contribution in [1.29, 1.82) is 0 Å². The number of benzene rings is 2. The number of alkyl halides is 3. The van der Waals surface area contributed by atoms with Crippen LogP contribution in [0.15, 0.2) is 54.7 Å². The highest BCUT2D eigenvalue weighted by Crippen LogP contribution is 2.39. The molecule has 1 unspecified atom stereocenters. The van der Waals surface area contributed by atoms with Gasteiger partial charge in [0.2, 0.25) is 0 Å². The topological polar surface area (TPSA) is 42.0 Å². The Kier molecular flexibility index (Phi) is 8.23. The largest absolute Gasteiger partial charge is 0.399 e. The third-order valence-corrected chi connectivity index (χ3v) is 5.71. The number of amides is 1. The van der Waals surface area contributed by atoms with Crippen molar-refractivity contribution in [3.63, 3.8) is 0 Å². The molecule has 1 N–H and O–H groups in total. The van der Waals surface area contributed by atoms with Crippen LogP contribution >= 0.6 is 34.8 Å². The van der Waals surface area contributed by atoms with E-state index < -0.39 is 28.0 Å². The average Bonchev–Trinajstić information content (AvgIpc) is 2.76. The van der Waals surface area contributed by atoms with E-state index >= 15 is 0 Å². The minimum absolute atomic E-state index is 0.236. The molecule has 0 fully saturated rings. The van der Waals surface area contributed by atoms with Gasteiger partial charge in [0.15, 0.2) is 5.82 Å². The van der Waals surface area contributed by atoms with Crippen LogP contribution in [0.3, 0.4) is 0 Å². The van der Waals surface area contributed by atoms with Crippen molar-refractivity contribution in [2.75, 3.05) is 0 Å². The predicted octanol–water partition coefficient (Wildman–Crippen LogP) is 7.78. The molecular weight excluding hydrogens is 515 g/mol. The molecule has 0 radical (unpaired) electrons. The van der Waals surface area contributed by atoms with Crippen LogP contribution in [0, 0.1) is 12.7 Å².